The van der Waals surface area contributed by atoms with Crippen molar-refractivity contribution >= 4 is 61.1 Å². The number of aromatic amines is 1. The van der Waals surface area contributed by atoms with Gasteiger partial charge in [0.15, 0.2) is 17.0 Å². The number of hydrogen-bond donors (Lipinski definition) is 2. The SMILES string of the molecule is Cc1noc2c3c(F)cccc3c3c(C(C)Nc4ncnc5nc[nH]c45)cc(Cl)c(C)c3c12. The van der Waals surface area contributed by atoms with Crippen molar-refractivity contribution in [1.82, 2.24) is 25.1 Å². The Morgan fingerprint density at radius 3 is 2.79 bits per heavy atom. The first kappa shape index (κ1) is 19.9. The Kier molecular flexibility index (Phi) is 4.28. The molecule has 9 heteroatoms. The molecule has 0 fully saturated rings. The van der Waals surface area contributed by atoms with Crippen molar-refractivity contribution in [3.05, 3.63) is 64.6 Å². The average Bonchev–Trinajstić information content (AvgIpc) is 3.43. The molecule has 7 nitrogen and oxygen atoms in total. The van der Waals surface area contributed by atoms with Crippen LogP contribution in [-0.2, 0) is 0 Å². The normalized spacial score (nSPS) is 12.9. The number of anilines is 1. The van der Waals surface area contributed by atoms with Crippen LogP contribution in [0.25, 0.3) is 43.7 Å². The average molecular weight is 461 g/mol. The summed E-state index contributed by atoms with van der Waals surface area (Å²) in [4.78, 5) is 15.8. The fourth-order valence-corrected chi connectivity index (χ4v) is 4.88. The molecule has 0 amide bonds. The van der Waals surface area contributed by atoms with E-state index in [0.29, 0.717) is 38.7 Å². The van der Waals surface area contributed by atoms with Crippen LogP contribution in [0.2, 0.25) is 5.02 Å². The fraction of sp³-hybridized carbons (Fsp3) is 0.167. The smallest absolute Gasteiger partial charge is 0.182 e. The van der Waals surface area contributed by atoms with Crippen molar-refractivity contribution in [1.29, 1.82) is 0 Å². The summed E-state index contributed by atoms with van der Waals surface area (Å²) < 4.78 is 20.7. The van der Waals surface area contributed by atoms with Crippen molar-refractivity contribution in [2.45, 2.75) is 26.8 Å². The van der Waals surface area contributed by atoms with Gasteiger partial charge in [0.05, 0.1) is 28.8 Å². The number of imidazole rings is 1. The minimum Gasteiger partial charge on any atom is -0.362 e. The first-order chi connectivity index (χ1) is 16.0. The standard InChI is InChI=1S/C24H18ClFN6O/c1-10-15(25)7-14(11(2)31-24-21-23(28-8-27-21)29-9-30-24)19-13-5-4-6-16(26)20(13)22-18(17(10)19)12(3)32-33-22/h4-9,11H,1-3H3,(H2,27,28,29,30,31). The van der Waals surface area contributed by atoms with Crippen LogP contribution in [0.15, 0.2) is 41.4 Å². The molecular formula is C24H18ClFN6O. The molecule has 33 heavy (non-hydrogen) atoms. The molecule has 3 heterocycles. The van der Waals surface area contributed by atoms with Crippen molar-refractivity contribution in [3.63, 3.8) is 0 Å². The van der Waals surface area contributed by atoms with Crippen molar-refractivity contribution in [2.24, 2.45) is 0 Å². The van der Waals surface area contributed by atoms with Crippen molar-refractivity contribution in [2.75, 3.05) is 5.32 Å². The van der Waals surface area contributed by atoms with Crippen LogP contribution in [0.5, 0.6) is 0 Å². The lowest BCUT2D eigenvalue weighted by Gasteiger charge is -2.21. The zero-order valence-electron chi connectivity index (χ0n) is 18.0. The summed E-state index contributed by atoms with van der Waals surface area (Å²) in [5.74, 6) is 0.261. The van der Waals surface area contributed by atoms with E-state index in [1.807, 2.05) is 32.9 Å². The van der Waals surface area contributed by atoms with E-state index in [4.69, 9.17) is 16.1 Å². The van der Waals surface area contributed by atoms with E-state index >= 15 is 4.39 Å². The molecule has 0 aliphatic heterocycles. The molecule has 1 unspecified atom stereocenters. The van der Waals surface area contributed by atoms with E-state index in [0.717, 1.165) is 32.7 Å². The zero-order chi connectivity index (χ0) is 22.9. The minimum absolute atomic E-state index is 0.226. The van der Waals surface area contributed by atoms with Gasteiger partial charge in [0.2, 0.25) is 0 Å². The molecule has 0 radical (unpaired) electrons. The van der Waals surface area contributed by atoms with Gasteiger partial charge in [-0.25, -0.2) is 19.3 Å². The van der Waals surface area contributed by atoms with E-state index in [2.05, 4.69) is 30.4 Å². The predicted octanol–water partition coefficient (Wildman–Crippen LogP) is 6.38. The molecule has 0 aliphatic carbocycles. The number of nitrogens with zero attached hydrogens (tertiary/aromatic N) is 4. The Bertz CT molecular complexity index is 1720. The van der Waals surface area contributed by atoms with Gasteiger partial charge in [0, 0.05) is 10.4 Å². The van der Waals surface area contributed by atoms with Gasteiger partial charge in [0.25, 0.3) is 0 Å². The van der Waals surface area contributed by atoms with Gasteiger partial charge >= 0.3 is 0 Å². The van der Waals surface area contributed by atoms with E-state index in [1.54, 1.807) is 12.4 Å². The third-order valence-corrected chi connectivity index (χ3v) is 6.61. The maximum Gasteiger partial charge on any atom is 0.182 e. The highest BCUT2D eigenvalue weighted by Crippen LogP contribution is 2.44. The quantitative estimate of drug-likeness (QED) is 0.297. The zero-order valence-corrected chi connectivity index (χ0v) is 18.8. The lowest BCUT2D eigenvalue weighted by molar-refractivity contribution is 0.451. The number of hydrogen-bond acceptors (Lipinski definition) is 6. The Morgan fingerprint density at radius 1 is 1.09 bits per heavy atom. The Morgan fingerprint density at radius 2 is 1.94 bits per heavy atom. The lowest BCUT2D eigenvalue weighted by atomic mass is 9.89. The van der Waals surface area contributed by atoms with E-state index in [1.165, 1.54) is 12.4 Å². The summed E-state index contributed by atoms with van der Waals surface area (Å²) in [5.41, 5.74) is 4.20. The van der Waals surface area contributed by atoms with Crippen LogP contribution in [0.3, 0.4) is 0 Å². The topological polar surface area (TPSA) is 92.5 Å². The molecular weight excluding hydrogens is 443 g/mol. The second-order valence-corrected chi connectivity index (χ2v) is 8.55. The molecule has 164 valence electrons. The maximum absolute atomic E-state index is 15.1. The monoisotopic (exact) mass is 460 g/mol. The molecule has 0 bridgehead atoms. The summed E-state index contributed by atoms with van der Waals surface area (Å²) in [6.07, 6.45) is 3.04. The number of fused-ring (bicyclic) bond motifs is 7. The first-order valence-corrected chi connectivity index (χ1v) is 10.8. The van der Waals surface area contributed by atoms with E-state index < -0.39 is 0 Å². The molecule has 0 spiro atoms. The van der Waals surface area contributed by atoms with Crippen LogP contribution < -0.4 is 5.32 Å². The van der Waals surface area contributed by atoms with Crippen LogP contribution in [0.1, 0.15) is 29.8 Å². The van der Waals surface area contributed by atoms with Gasteiger partial charge < -0.3 is 14.8 Å². The fourth-order valence-electron chi connectivity index (χ4n) is 4.67. The number of aromatic nitrogens is 5. The molecule has 6 aromatic rings. The molecule has 0 aliphatic rings. The lowest BCUT2D eigenvalue weighted by Crippen LogP contribution is -2.10. The molecule has 1 atom stereocenters. The largest absolute Gasteiger partial charge is 0.362 e. The highest BCUT2D eigenvalue weighted by molar-refractivity contribution is 6.35. The molecule has 2 N–H and O–H groups in total. The van der Waals surface area contributed by atoms with Gasteiger partial charge in [0.1, 0.15) is 17.7 Å². The highest BCUT2D eigenvalue weighted by atomic mass is 35.5. The maximum atomic E-state index is 15.1. The second kappa shape index (κ2) is 7.11. The molecule has 0 saturated heterocycles. The predicted molar refractivity (Wildman–Crippen MR) is 127 cm³/mol. The molecule has 6 rings (SSSR count). The summed E-state index contributed by atoms with van der Waals surface area (Å²) in [6.45, 7) is 5.83. The Labute approximate surface area is 192 Å². The second-order valence-electron chi connectivity index (χ2n) is 8.15. The van der Waals surface area contributed by atoms with Gasteiger partial charge in [-0.2, -0.15) is 0 Å². The van der Waals surface area contributed by atoms with Crippen molar-refractivity contribution in [3.8, 4) is 0 Å². The van der Waals surface area contributed by atoms with Gasteiger partial charge in [-0.1, -0.05) is 28.9 Å². The van der Waals surface area contributed by atoms with E-state index in [9.17, 15) is 0 Å². The summed E-state index contributed by atoms with van der Waals surface area (Å²) in [6, 6.07) is 6.75. The summed E-state index contributed by atoms with van der Waals surface area (Å²) >= 11 is 6.73. The van der Waals surface area contributed by atoms with Crippen LogP contribution in [-0.4, -0.2) is 25.1 Å². The summed E-state index contributed by atoms with van der Waals surface area (Å²) in [7, 11) is 0. The van der Waals surface area contributed by atoms with Crippen LogP contribution >= 0.6 is 11.6 Å². The number of H-pyrrole nitrogens is 1. The number of halogens is 2. The molecule has 3 aromatic carbocycles. The number of aryl methyl sites for hydroxylation is 2. The minimum atomic E-state index is -0.357. The molecule has 3 aromatic heterocycles. The third kappa shape index (κ3) is 2.80. The molecule has 0 saturated carbocycles. The van der Waals surface area contributed by atoms with Gasteiger partial charge in [-0.05, 0) is 54.8 Å². The van der Waals surface area contributed by atoms with Crippen LogP contribution in [0.4, 0.5) is 10.2 Å². The van der Waals surface area contributed by atoms with Crippen molar-refractivity contribution < 1.29 is 8.91 Å². The number of nitrogens with one attached hydrogen (secondary N) is 2. The Hall–Kier alpha value is -3.78. The summed E-state index contributed by atoms with van der Waals surface area (Å²) in [5, 5.41) is 11.9. The number of benzene rings is 3. The van der Waals surface area contributed by atoms with Crippen LogP contribution in [0, 0.1) is 19.7 Å². The van der Waals surface area contributed by atoms with Gasteiger partial charge in [-0.3, -0.25) is 0 Å². The van der Waals surface area contributed by atoms with E-state index in [-0.39, 0.29) is 11.9 Å². The highest BCUT2D eigenvalue weighted by Gasteiger charge is 2.24. The number of rotatable bonds is 3. The van der Waals surface area contributed by atoms with Gasteiger partial charge in [-0.15, -0.1) is 0 Å². The first-order valence-electron chi connectivity index (χ1n) is 10.4. The Balaban J connectivity index is 1.70. The third-order valence-electron chi connectivity index (χ3n) is 6.22.